The molecule has 0 saturated carbocycles. The molecule has 2 aliphatic rings. The van der Waals surface area contributed by atoms with E-state index >= 15 is 0 Å². The number of nitrogens with two attached hydrogens (primary N) is 1. The number of carbonyl (C=O) groups excluding carboxylic acids is 1. The summed E-state index contributed by atoms with van der Waals surface area (Å²) in [5.41, 5.74) is 5.60. The molecule has 1 amide bonds. The number of likely N-dealkylation sites (N-methyl/N-ethyl adjacent to an activating group) is 1. The van der Waals surface area contributed by atoms with Gasteiger partial charge < -0.3 is 16.0 Å². The number of nitrogens with one attached hydrogen (secondary N) is 1. The van der Waals surface area contributed by atoms with Crippen LogP contribution in [0.2, 0.25) is 0 Å². The highest BCUT2D eigenvalue weighted by Crippen LogP contribution is 2.21. The van der Waals surface area contributed by atoms with Crippen LogP contribution in [0.25, 0.3) is 0 Å². The average Bonchev–Trinajstić information content (AvgIpc) is 2.29. The molecule has 2 heterocycles. The zero-order valence-electron chi connectivity index (χ0n) is 10.4. The molecule has 0 aromatic rings. The van der Waals surface area contributed by atoms with E-state index in [4.69, 9.17) is 5.73 Å². The lowest BCUT2D eigenvalue weighted by molar-refractivity contribution is -0.114. The molecule has 0 radical (unpaired) electrons. The SMILES string of the molecule is CN1CCN(C2(C)C=C(C(N)=O)C=CN2)CC1. The summed E-state index contributed by atoms with van der Waals surface area (Å²) in [6.07, 6.45) is 5.44. The van der Waals surface area contributed by atoms with Gasteiger partial charge in [0, 0.05) is 31.8 Å². The van der Waals surface area contributed by atoms with E-state index in [9.17, 15) is 4.79 Å². The molecule has 0 aromatic heterocycles. The van der Waals surface area contributed by atoms with Crippen molar-refractivity contribution in [2.75, 3.05) is 33.2 Å². The maximum absolute atomic E-state index is 11.2. The first-order valence-electron chi connectivity index (χ1n) is 5.92. The molecule has 0 aliphatic carbocycles. The first-order chi connectivity index (χ1) is 8.01. The lowest BCUT2D eigenvalue weighted by Gasteiger charge is -2.45. The molecule has 2 rings (SSSR count). The van der Waals surface area contributed by atoms with Crippen molar-refractivity contribution in [3.05, 3.63) is 23.9 Å². The quantitative estimate of drug-likeness (QED) is 0.677. The van der Waals surface area contributed by atoms with Gasteiger partial charge >= 0.3 is 0 Å². The van der Waals surface area contributed by atoms with E-state index < -0.39 is 0 Å². The molecule has 5 nitrogen and oxygen atoms in total. The van der Waals surface area contributed by atoms with Crippen molar-refractivity contribution < 1.29 is 4.79 Å². The fraction of sp³-hybridized carbons (Fsp3) is 0.583. The van der Waals surface area contributed by atoms with Crippen molar-refractivity contribution >= 4 is 5.91 Å². The van der Waals surface area contributed by atoms with Crippen LogP contribution in [0.4, 0.5) is 0 Å². The second-order valence-corrected chi connectivity index (χ2v) is 4.88. The van der Waals surface area contributed by atoms with Gasteiger partial charge in [0.25, 0.3) is 0 Å². The third-order valence-electron chi connectivity index (χ3n) is 3.52. The number of nitrogens with zero attached hydrogens (tertiary/aromatic N) is 2. The Morgan fingerprint density at radius 1 is 1.41 bits per heavy atom. The van der Waals surface area contributed by atoms with Crippen LogP contribution in [-0.2, 0) is 4.79 Å². The summed E-state index contributed by atoms with van der Waals surface area (Å²) in [5, 5.41) is 3.31. The summed E-state index contributed by atoms with van der Waals surface area (Å²) >= 11 is 0. The summed E-state index contributed by atoms with van der Waals surface area (Å²) in [7, 11) is 2.12. The number of piperazine rings is 1. The van der Waals surface area contributed by atoms with Crippen molar-refractivity contribution in [2.45, 2.75) is 12.6 Å². The fourth-order valence-corrected chi connectivity index (χ4v) is 2.30. The number of amides is 1. The Morgan fingerprint density at radius 2 is 2.06 bits per heavy atom. The molecule has 1 atom stereocenters. The van der Waals surface area contributed by atoms with Crippen LogP contribution in [-0.4, -0.2) is 54.6 Å². The van der Waals surface area contributed by atoms with Crippen LogP contribution in [0, 0.1) is 0 Å². The molecule has 0 bridgehead atoms. The van der Waals surface area contributed by atoms with Crippen LogP contribution in [0.3, 0.4) is 0 Å². The van der Waals surface area contributed by atoms with Crippen molar-refractivity contribution in [2.24, 2.45) is 5.73 Å². The van der Waals surface area contributed by atoms with E-state index in [1.165, 1.54) is 0 Å². The second kappa shape index (κ2) is 4.50. The highest BCUT2D eigenvalue weighted by atomic mass is 16.1. The number of hydrogen-bond donors (Lipinski definition) is 2. The van der Waals surface area contributed by atoms with Gasteiger partial charge in [-0.2, -0.15) is 0 Å². The summed E-state index contributed by atoms with van der Waals surface area (Å²) in [6.45, 7) is 6.12. The molecule has 2 aliphatic heterocycles. The van der Waals surface area contributed by atoms with Crippen LogP contribution in [0.1, 0.15) is 6.92 Å². The van der Waals surface area contributed by atoms with Crippen molar-refractivity contribution in [1.29, 1.82) is 0 Å². The van der Waals surface area contributed by atoms with Gasteiger partial charge in [0.2, 0.25) is 5.91 Å². The van der Waals surface area contributed by atoms with E-state index in [0.717, 1.165) is 26.2 Å². The maximum Gasteiger partial charge on any atom is 0.248 e. The monoisotopic (exact) mass is 236 g/mol. The Kier molecular flexibility index (Phi) is 3.22. The third kappa shape index (κ3) is 2.50. The Hall–Kier alpha value is -1.33. The van der Waals surface area contributed by atoms with Gasteiger partial charge in [-0.3, -0.25) is 9.69 Å². The Morgan fingerprint density at radius 3 is 2.65 bits per heavy atom. The molecule has 1 saturated heterocycles. The van der Waals surface area contributed by atoms with E-state index in [-0.39, 0.29) is 11.6 Å². The van der Waals surface area contributed by atoms with Crippen molar-refractivity contribution in [3.63, 3.8) is 0 Å². The molecule has 1 unspecified atom stereocenters. The predicted molar refractivity (Wildman–Crippen MR) is 67.0 cm³/mol. The lowest BCUT2D eigenvalue weighted by atomic mass is 10.0. The Bertz CT molecular complexity index is 369. The zero-order chi connectivity index (χ0) is 12.5. The highest BCUT2D eigenvalue weighted by Gasteiger charge is 2.32. The van der Waals surface area contributed by atoms with Gasteiger partial charge in [0.1, 0.15) is 5.66 Å². The molecule has 94 valence electrons. The van der Waals surface area contributed by atoms with Gasteiger partial charge in [0.15, 0.2) is 0 Å². The number of dihydropyridines is 1. The van der Waals surface area contributed by atoms with Crippen LogP contribution in [0.5, 0.6) is 0 Å². The average molecular weight is 236 g/mol. The second-order valence-electron chi connectivity index (χ2n) is 4.88. The summed E-state index contributed by atoms with van der Waals surface area (Å²) < 4.78 is 0. The first kappa shape index (κ1) is 12.1. The largest absolute Gasteiger partial charge is 0.370 e. The Balaban J connectivity index is 2.14. The number of primary amides is 1. The molecular formula is C12H20N4O. The minimum absolute atomic E-state index is 0.305. The van der Waals surface area contributed by atoms with Gasteiger partial charge in [-0.05, 0) is 32.3 Å². The molecule has 1 fully saturated rings. The number of rotatable bonds is 2. The predicted octanol–water partition coefficient (Wildman–Crippen LogP) is -0.521. The molecule has 5 heteroatoms. The Labute approximate surface area is 102 Å². The zero-order valence-corrected chi connectivity index (χ0v) is 10.4. The highest BCUT2D eigenvalue weighted by molar-refractivity contribution is 5.95. The fourth-order valence-electron chi connectivity index (χ4n) is 2.30. The van der Waals surface area contributed by atoms with Crippen molar-refractivity contribution in [1.82, 2.24) is 15.1 Å². The third-order valence-corrected chi connectivity index (χ3v) is 3.52. The van der Waals surface area contributed by atoms with Gasteiger partial charge in [-0.1, -0.05) is 0 Å². The van der Waals surface area contributed by atoms with Crippen LogP contribution in [0.15, 0.2) is 23.9 Å². The standard InChI is InChI=1S/C12H20N4O/c1-12(16-7-5-15(2)6-8-16)9-10(11(13)17)3-4-14-12/h3-4,9,14H,5-8H2,1-2H3,(H2,13,17). The van der Waals surface area contributed by atoms with E-state index in [1.807, 2.05) is 6.08 Å². The minimum atomic E-state index is -0.372. The minimum Gasteiger partial charge on any atom is -0.370 e. The van der Waals surface area contributed by atoms with Gasteiger partial charge in [-0.15, -0.1) is 0 Å². The number of carbonyl (C=O) groups is 1. The number of hydrogen-bond acceptors (Lipinski definition) is 4. The normalized spacial score (nSPS) is 30.8. The van der Waals surface area contributed by atoms with Crippen LogP contribution >= 0.6 is 0 Å². The summed E-state index contributed by atoms with van der Waals surface area (Å²) in [4.78, 5) is 15.9. The molecule has 0 aromatic carbocycles. The molecule has 17 heavy (non-hydrogen) atoms. The van der Waals surface area contributed by atoms with Gasteiger partial charge in [0.05, 0.1) is 0 Å². The van der Waals surface area contributed by atoms with E-state index in [2.05, 4.69) is 29.1 Å². The maximum atomic E-state index is 11.2. The summed E-state index contributed by atoms with van der Waals surface area (Å²) in [6, 6.07) is 0. The van der Waals surface area contributed by atoms with E-state index in [1.54, 1.807) is 12.3 Å². The van der Waals surface area contributed by atoms with E-state index in [0.29, 0.717) is 5.57 Å². The van der Waals surface area contributed by atoms with Crippen LogP contribution < -0.4 is 11.1 Å². The molecular weight excluding hydrogens is 216 g/mol. The molecule has 0 spiro atoms. The first-order valence-corrected chi connectivity index (χ1v) is 5.92. The smallest absolute Gasteiger partial charge is 0.248 e. The summed E-state index contributed by atoms with van der Waals surface area (Å²) in [5.74, 6) is -0.372. The molecule has 3 N–H and O–H groups in total. The topological polar surface area (TPSA) is 61.6 Å². The lowest BCUT2D eigenvalue weighted by Crippen LogP contribution is -2.60. The van der Waals surface area contributed by atoms with Gasteiger partial charge in [-0.25, -0.2) is 0 Å². The van der Waals surface area contributed by atoms with Crippen molar-refractivity contribution in [3.8, 4) is 0 Å².